The monoisotopic (exact) mass is 508 g/mol. The van der Waals surface area contributed by atoms with Crippen LogP contribution in [0.5, 0.6) is 0 Å². The van der Waals surface area contributed by atoms with Crippen LogP contribution in [0.1, 0.15) is 116 Å². The third-order valence-electron chi connectivity index (χ3n) is 9.15. The Balaban J connectivity index is 1.16. The van der Waals surface area contributed by atoms with Gasteiger partial charge in [0, 0.05) is 31.0 Å². The molecule has 4 fully saturated rings. The van der Waals surface area contributed by atoms with Gasteiger partial charge in [0.15, 0.2) is 9.84 Å². The van der Waals surface area contributed by atoms with Gasteiger partial charge in [-0.3, -0.25) is 9.59 Å². The minimum absolute atomic E-state index is 0.110. The Labute approximate surface area is 213 Å². The van der Waals surface area contributed by atoms with Crippen LogP contribution in [0.4, 0.5) is 0 Å². The van der Waals surface area contributed by atoms with Crippen molar-refractivity contribution in [3.8, 4) is 0 Å². The lowest BCUT2D eigenvalue weighted by Gasteiger charge is -2.38. The van der Waals surface area contributed by atoms with E-state index in [1.54, 1.807) is 0 Å². The first kappa shape index (κ1) is 26.9. The minimum Gasteiger partial charge on any atom is -0.353 e. The van der Waals surface area contributed by atoms with E-state index in [9.17, 15) is 18.0 Å². The van der Waals surface area contributed by atoms with Crippen LogP contribution in [0.2, 0.25) is 0 Å². The molecule has 0 radical (unpaired) electrons. The molecule has 0 spiro atoms. The normalized spacial score (nSPS) is 30.5. The van der Waals surface area contributed by atoms with E-state index >= 15 is 0 Å². The summed E-state index contributed by atoms with van der Waals surface area (Å²) in [5.74, 6) is 1.68. The van der Waals surface area contributed by atoms with Crippen LogP contribution >= 0.6 is 0 Å². The first-order valence-electron chi connectivity index (χ1n) is 14.7. The van der Waals surface area contributed by atoms with E-state index in [1.165, 1.54) is 19.3 Å². The van der Waals surface area contributed by atoms with Crippen LogP contribution in [-0.2, 0) is 19.4 Å². The van der Waals surface area contributed by atoms with Crippen molar-refractivity contribution in [3.05, 3.63) is 0 Å². The fourth-order valence-electron chi connectivity index (χ4n) is 6.82. The Morgan fingerprint density at radius 1 is 0.800 bits per heavy atom. The third-order valence-corrected chi connectivity index (χ3v) is 11.6. The number of nitrogens with one attached hydrogen (secondary N) is 1. The molecular formula is C28H48N2O4S. The summed E-state index contributed by atoms with van der Waals surface area (Å²) in [6.45, 7) is 3.04. The lowest BCUT2D eigenvalue weighted by atomic mass is 9.83. The molecule has 0 atom stereocenters. The van der Waals surface area contributed by atoms with Gasteiger partial charge in [0.1, 0.15) is 0 Å². The predicted octanol–water partition coefficient (Wildman–Crippen LogP) is 5.01. The zero-order valence-electron chi connectivity index (χ0n) is 21.9. The van der Waals surface area contributed by atoms with E-state index in [0.717, 1.165) is 90.0 Å². The maximum Gasteiger partial charge on any atom is 0.225 e. The Bertz CT molecular complexity index is 803. The van der Waals surface area contributed by atoms with E-state index in [2.05, 4.69) is 17.1 Å². The highest BCUT2D eigenvalue weighted by Crippen LogP contribution is 2.36. The highest BCUT2D eigenvalue weighted by molar-refractivity contribution is 7.92. The molecule has 7 heteroatoms. The van der Waals surface area contributed by atoms with E-state index in [-0.39, 0.29) is 23.1 Å². The van der Waals surface area contributed by atoms with Gasteiger partial charge in [-0.2, -0.15) is 0 Å². The van der Waals surface area contributed by atoms with Crippen LogP contribution in [-0.4, -0.2) is 54.8 Å². The lowest BCUT2D eigenvalue weighted by Crippen LogP contribution is -2.47. The molecule has 0 saturated heterocycles. The Kier molecular flexibility index (Phi) is 9.56. The molecule has 1 N–H and O–H groups in total. The number of hydrogen-bond donors (Lipinski definition) is 1. The summed E-state index contributed by atoms with van der Waals surface area (Å²) in [6.07, 6.45) is 16.4. The molecule has 0 heterocycles. The van der Waals surface area contributed by atoms with Crippen molar-refractivity contribution < 1.29 is 18.0 Å². The van der Waals surface area contributed by atoms with Gasteiger partial charge in [0.05, 0.1) is 11.0 Å². The molecule has 0 bridgehead atoms. The SMILES string of the molecule is CCCN(C(=O)C1CCC(NC(=O)CC2CCC(S(=O)(=O)CC3CC3)CC2)CC1)C1CCCCC1. The summed E-state index contributed by atoms with van der Waals surface area (Å²) in [4.78, 5) is 28.3. The highest BCUT2D eigenvalue weighted by atomic mass is 32.2. The average molecular weight is 509 g/mol. The number of amides is 2. The molecule has 6 nitrogen and oxygen atoms in total. The molecule has 0 aromatic heterocycles. The molecular weight excluding hydrogens is 460 g/mol. The van der Waals surface area contributed by atoms with Gasteiger partial charge in [0.25, 0.3) is 0 Å². The topological polar surface area (TPSA) is 83.6 Å². The Morgan fingerprint density at radius 2 is 1.43 bits per heavy atom. The molecule has 0 aromatic carbocycles. The third kappa shape index (κ3) is 7.69. The average Bonchev–Trinajstić information content (AvgIpc) is 3.67. The first-order chi connectivity index (χ1) is 16.9. The van der Waals surface area contributed by atoms with Crippen molar-refractivity contribution in [1.82, 2.24) is 10.2 Å². The molecule has 2 amide bonds. The van der Waals surface area contributed by atoms with Gasteiger partial charge in [0.2, 0.25) is 11.8 Å². The second-order valence-corrected chi connectivity index (χ2v) is 14.4. The van der Waals surface area contributed by atoms with Crippen LogP contribution in [0.3, 0.4) is 0 Å². The van der Waals surface area contributed by atoms with Gasteiger partial charge < -0.3 is 10.2 Å². The van der Waals surface area contributed by atoms with E-state index in [1.807, 2.05) is 0 Å². The van der Waals surface area contributed by atoms with Crippen LogP contribution < -0.4 is 5.32 Å². The van der Waals surface area contributed by atoms with Crippen LogP contribution in [0, 0.1) is 17.8 Å². The predicted molar refractivity (Wildman–Crippen MR) is 140 cm³/mol. The summed E-state index contributed by atoms with van der Waals surface area (Å²) in [5, 5.41) is 3.05. The van der Waals surface area contributed by atoms with Gasteiger partial charge in [-0.05, 0) is 95.3 Å². The fourth-order valence-corrected chi connectivity index (χ4v) is 9.07. The van der Waals surface area contributed by atoms with Crippen molar-refractivity contribution in [2.75, 3.05) is 12.3 Å². The molecule has 0 unspecified atom stereocenters. The summed E-state index contributed by atoms with van der Waals surface area (Å²) in [7, 11) is -2.96. The van der Waals surface area contributed by atoms with Gasteiger partial charge in [-0.1, -0.05) is 26.2 Å². The lowest BCUT2D eigenvalue weighted by molar-refractivity contribution is -0.139. The van der Waals surface area contributed by atoms with Crippen molar-refractivity contribution >= 4 is 21.7 Å². The zero-order valence-corrected chi connectivity index (χ0v) is 22.7. The zero-order chi connectivity index (χ0) is 24.8. The van der Waals surface area contributed by atoms with Crippen LogP contribution in [0.15, 0.2) is 0 Å². The maximum absolute atomic E-state index is 13.3. The second kappa shape index (κ2) is 12.4. The van der Waals surface area contributed by atoms with E-state index in [0.29, 0.717) is 36.0 Å². The minimum atomic E-state index is -2.96. The van der Waals surface area contributed by atoms with E-state index < -0.39 is 9.84 Å². The highest BCUT2D eigenvalue weighted by Gasteiger charge is 2.37. The molecule has 0 aromatic rings. The fraction of sp³-hybridized carbons (Fsp3) is 0.929. The molecule has 200 valence electrons. The molecule has 0 aliphatic heterocycles. The summed E-state index contributed by atoms with van der Waals surface area (Å²) in [6, 6.07) is 0.614. The number of sulfone groups is 1. The Morgan fingerprint density at radius 3 is 2.03 bits per heavy atom. The van der Waals surface area contributed by atoms with Gasteiger partial charge in [-0.25, -0.2) is 8.42 Å². The quantitative estimate of drug-likeness (QED) is 0.450. The van der Waals surface area contributed by atoms with Gasteiger partial charge in [-0.15, -0.1) is 0 Å². The van der Waals surface area contributed by atoms with E-state index in [4.69, 9.17) is 0 Å². The number of nitrogens with zero attached hydrogens (tertiary/aromatic N) is 1. The van der Waals surface area contributed by atoms with Crippen molar-refractivity contribution in [1.29, 1.82) is 0 Å². The van der Waals surface area contributed by atoms with Crippen molar-refractivity contribution in [2.24, 2.45) is 17.8 Å². The number of hydrogen-bond acceptors (Lipinski definition) is 4. The Hall–Kier alpha value is -1.11. The summed E-state index contributed by atoms with van der Waals surface area (Å²) < 4.78 is 25.1. The molecule has 35 heavy (non-hydrogen) atoms. The molecule has 4 saturated carbocycles. The molecule has 4 aliphatic carbocycles. The second-order valence-electron chi connectivity index (χ2n) is 12.1. The molecule has 4 rings (SSSR count). The first-order valence-corrected chi connectivity index (χ1v) is 16.4. The summed E-state index contributed by atoms with van der Waals surface area (Å²) >= 11 is 0. The standard InChI is InChI=1S/C28H48N2O4S/c1-2-18-30(25-6-4-3-5-7-25)28(32)23-12-14-24(15-13-23)29-27(31)19-21-10-16-26(17-11-21)35(33,34)20-22-8-9-22/h21-26H,2-20H2,1H3,(H,29,31). The smallest absolute Gasteiger partial charge is 0.225 e. The van der Waals surface area contributed by atoms with Crippen molar-refractivity contribution in [2.45, 2.75) is 133 Å². The maximum atomic E-state index is 13.3. The van der Waals surface area contributed by atoms with Crippen molar-refractivity contribution in [3.63, 3.8) is 0 Å². The molecule has 4 aliphatic rings. The largest absolute Gasteiger partial charge is 0.353 e. The summed E-state index contributed by atoms with van der Waals surface area (Å²) in [5.41, 5.74) is 0. The number of rotatable bonds is 10. The number of carbonyl (C=O) groups is 2. The van der Waals surface area contributed by atoms with Gasteiger partial charge >= 0.3 is 0 Å². The van der Waals surface area contributed by atoms with Crippen LogP contribution in [0.25, 0.3) is 0 Å². The number of carbonyl (C=O) groups excluding carboxylic acids is 2.